The first kappa shape index (κ1) is 22.4. The van der Waals surface area contributed by atoms with Crippen LogP contribution in [0.25, 0.3) is 0 Å². The molecule has 0 spiro atoms. The number of nitrogens with one attached hydrogen (secondary N) is 1. The molecule has 168 valence electrons. The van der Waals surface area contributed by atoms with Crippen molar-refractivity contribution in [1.29, 1.82) is 0 Å². The zero-order valence-electron chi connectivity index (χ0n) is 18.0. The average molecular weight is 456 g/mol. The van der Waals surface area contributed by atoms with Gasteiger partial charge in [0, 0.05) is 42.8 Å². The second-order valence-corrected chi connectivity index (χ2v) is 9.10. The van der Waals surface area contributed by atoms with Crippen LogP contribution in [0.4, 0.5) is 14.5 Å². The summed E-state index contributed by atoms with van der Waals surface area (Å²) in [4.78, 5) is 18.6. The number of amides is 1. The van der Waals surface area contributed by atoms with Crippen LogP contribution in [0.15, 0.2) is 66.0 Å². The molecule has 1 amide bonds. The van der Waals surface area contributed by atoms with Gasteiger partial charge in [0.25, 0.3) is 0 Å². The van der Waals surface area contributed by atoms with Crippen LogP contribution in [0.2, 0.25) is 0 Å². The first-order valence-corrected chi connectivity index (χ1v) is 11.7. The summed E-state index contributed by atoms with van der Waals surface area (Å²) in [6.45, 7) is 5.41. The SMILES string of the molecule is C[C@@H](NC(=O)Cc1ccc(F)cc1)[C@@H](c1cccs1)N1CCN(c2ccc(F)cc2)CC1. The van der Waals surface area contributed by atoms with Crippen molar-refractivity contribution in [2.45, 2.75) is 25.4 Å². The number of piperazine rings is 1. The number of carbonyl (C=O) groups is 1. The minimum absolute atomic E-state index is 0.0718. The van der Waals surface area contributed by atoms with Crippen LogP contribution in [-0.4, -0.2) is 43.0 Å². The van der Waals surface area contributed by atoms with Gasteiger partial charge in [0.2, 0.25) is 5.91 Å². The molecular weight excluding hydrogens is 428 g/mol. The fraction of sp³-hybridized carbons (Fsp3) is 0.320. The monoisotopic (exact) mass is 455 g/mol. The largest absolute Gasteiger partial charge is 0.369 e. The minimum atomic E-state index is -0.305. The Balaban J connectivity index is 1.40. The van der Waals surface area contributed by atoms with Gasteiger partial charge in [0.15, 0.2) is 0 Å². The third-order valence-electron chi connectivity index (χ3n) is 5.87. The number of benzene rings is 2. The van der Waals surface area contributed by atoms with Gasteiger partial charge in [-0.15, -0.1) is 11.3 Å². The molecule has 2 atom stereocenters. The molecule has 0 aliphatic carbocycles. The van der Waals surface area contributed by atoms with E-state index in [-0.39, 0.29) is 36.0 Å². The lowest BCUT2D eigenvalue weighted by molar-refractivity contribution is -0.121. The zero-order chi connectivity index (χ0) is 22.5. The van der Waals surface area contributed by atoms with E-state index in [4.69, 9.17) is 0 Å². The summed E-state index contributed by atoms with van der Waals surface area (Å²) in [6.07, 6.45) is 0.222. The summed E-state index contributed by atoms with van der Waals surface area (Å²) in [5, 5.41) is 5.21. The van der Waals surface area contributed by atoms with Crippen LogP contribution in [0.3, 0.4) is 0 Å². The smallest absolute Gasteiger partial charge is 0.224 e. The minimum Gasteiger partial charge on any atom is -0.369 e. The van der Waals surface area contributed by atoms with Crippen molar-refractivity contribution in [3.8, 4) is 0 Å². The Morgan fingerprint density at radius 2 is 1.59 bits per heavy atom. The fourth-order valence-electron chi connectivity index (χ4n) is 4.28. The molecule has 1 aliphatic rings. The van der Waals surface area contributed by atoms with Crippen molar-refractivity contribution in [2.75, 3.05) is 31.1 Å². The van der Waals surface area contributed by atoms with Crippen LogP contribution in [0, 0.1) is 11.6 Å². The summed E-state index contributed by atoms with van der Waals surface area (Å²) in [7, 11) is 0. The Bertz CT molecular complexity index is 1000. The molecule has 1 fully saturated rings. The maximum Gasteiger partial charge on any atom is 0.224 e. The number of thiophene rings is 1. The Labute approximate surface area is 191 Å². The maximum absolute atomic E-state index is 13.3. The maximum atomic E-state index is 13.3. The molecule has 1 aliphatic heterocycles. The van der Waals surface area contributed by atoms with E-state index in [1.54, 1.807) is 23.5 Å². The van der Waals surface area contributed by atoms with E-state index in [0.29, 0.717) is 0 Å². The van der Waals surface area contributed by atoms with E-state index in [1.165, 1.54) is 29.1 Å². The standard InChI is InChI=1S/C25H27F2N3OS/c1-18(28-24(31)17-19-4-6-20(26)7-5-19)25(23-3-2-16-32-23)30-14-12-29(13-15-30)22-10-8-21(27)9-11-22/h2-11,16,18,25H,12-15,17H2,1H3,(H,28,31)/t18-,25+/m1/s1. The summed E-state index contributed by atoms with van der Waals surface area (Å²) < 4.78 is 26.4. The van der Waals surface area contributed by atoms with Gasteiger partial charge in [-0.2, -0.15) is 0 Å². The molecule has 4 nitrogen and oxygen atoms in total. The second kappa shape index (κ2) is 10.2. The molecule has 0 unspecified atom stereocenters. The predicted octanol–water partition coefficient (Wildman–Crippen LogP) is 4.64. The van der Waals surface area contributed by atoms with Crippen molar-refractivity contribution < 1.29 is 13.6 Å². The lowest BCUT2D eigenvalue weighted by atomic mass is 10.0. The van der Waals surface area contributed by atoms with Gasteiger partial charge in [-0.3, -0.25) is 9.69 Å². The first-order chi connectivity index (χ1) is 15.5. The lowest BCUT2D eigenvalue weighted by Gasteiger charge is -2.42. The van der Waals surface area contributed by atoms with Crippen LogP contribution in [0.1, 0.15) is 23.4 Å². The van der Waals surface area contributed by atoms with Gasteiger partial charge in [0.1, 0.15) is 11.6 Å². The number of anilines is 1. The van der Waals surface area contributed by atoms with Crippen LogP contribution in [0.5, 0.6) is 0 Å². The highest BCUT2D eigenvalue weighted by atomic mass is 32.1. The highest BCUT2D eigenvalue weighted by Crippen LogP contribution is 2.30. The topological polar surface area (TPSA) is 35.6 Å². The van der Waals surface area contributed by atoms with Gasteiger partial charge < -0.3 is 10.2 Å². The molecule has 0 bridgehead atoms. The lowest BCUT2D eigenvalue weighted by Crippen LogP contribution is -2.52. The van der Waals surface area contributed by atoms with Gasteiger partial charge >= 0.3 is 0 Å². The number of nitrogens with zero attached hydrogens (tertiary/aromatic N) is 2. The van der Waals surface area contributed by atoms with Crippen LogP contribution < -0.4 is 10.2 Å². The molecule has 3 aromatic rings. The van der Waals surface area contributed by atoms with E-state index in [0.717, 1.165) is 37.4 Å². The van der Waals surface area contributed by atoms with Gasteiger partial charge in [-0.25, -0.2) is 8.78 Å². The Hall–Kier alpha value is -2.77. The number of hydrogen-bond donors (Lipinski definition) is 1. The zero-order valence-corrected chi connectivity index (χ0v) is 18.8. The Morgan fingerprint density at radius 3 is 2.19 bits per heavy atom. The summed E-state index contributed by atoms with van der Waals surface area (Å²) in [5.41, 5.74) is 1.82. The van der Waals surface area contributed by atoms with Gasteiger partial charge in [-0.05, 0) is 60.3 Å². The third kappa shape index (κ3) is 5.53. The number of carbonyl (C=O) groups excluding carboxylic acids is 1. The molecule has 0 saturated carbocycles. The molecule has 32 heavy (non-hydrogen) atoms. The molecular formula is C25H27F2N3OS. The van der Waals surface area contributed by atoms with Gasteiger partial charge in [-0.1, -0.05) is 18.2 Å². The van der Waals surface area contributed by atoms with E-state index < -0.39 is 0 Å². The van der Waals surface area contributed by atoms with Crippen molar-refractivity contribution in [3.63, 3.8) is 0 Å². The van der Waals surface area contributed by atoms with Crippen LogP contribution >= 0.6 is 11.3 Å². The van der Waals surface area contributed by atoms with E-state index in [2.05, 4.69) is 26.6 Å². The number of hydrogen-bond acceptors (Lipinski definition) is 4. The summed E-state index contributed by atoms with van der Waals surface area (Å²) in [6, 6.07) is 16.8. The number of rotatable bonds is 7. The van der Waals surface area contributed by atoms with E-state index in [9.17, 15) is 13.6 Å². The molecule has 1 saturated heterocycles. The van der Waals surface area contributed by atoms with E-state index >= 15 is 0 Å². The van der Waals surface area contributed by atoms with E-state index in [1.807, 2.05) is 25.1 Å². The highest BCUT2D eigenvalue weighted by molar-refractivity contribution is 7.10. The van der Waals surface area contributed by atoms with Gasteiger partial charge in [0.05, 0.1) is 12.5 Å². The highest BCUT2D eigenvalue weighted by Gasteiger charge is 2.31. The summed E-state index contributed by atoms with van der Waals surface area (Å²) >= 11 is 1.69. The van der Waals surface area contributed by atoms with Crippen molar-refractivity contribution in [2.24, 2.45) is 0 Å². The van der Waals surface area contributed by atoms with Crippen molar-refractivity contribution in [1.82, 2.24) is 10.2 Å². The Kier molecular flexibility index (Phi) is 7.17. The predicted molar refractivity (Wildman–Crippen MR) is 125 cm³/mol. The quantitative estimate of drug-likeness (QED) is 0.564. The molecule has 4 rings (SSSR count). The fourth-order valence-corrected chi connectivity index (χ4v) is 5.25. The molecule has 2 aromatic carbocycles. The summed E-state index contributed by atoms with van der Waals surface area (Å²) in [5.74, 6) is -0.606. The third-order valence-corrected chi connectivity index (χ3v) is 6.82. The normalized spacial score (nSPS) is 16.5. The Morgan fingerprint density at radius 1 is 0.969 bits per heavy atom. The first-order valence-electron chi connectivity index (χ1n) is 10.8. The second-order valence-electron chi connectivity index (χ2n) is 8.12. The van der Waals surface area contributed by atoms with Crippen molar-refractivity contribution in [3.05, 3.63) is 88.1 Å². The molecule has 2 heterocycles. The molecule has 1 aromatic heterocycles. The average Bonchev–Trinajstić information content (AvgIpc) is 3.31. The molecule has 1 N–H and O–H groups in total. The molecule has 0 radical (unpaired) electrons. The molecule has 7 heteroatoms. The van der Waals surface area contributed by atoms with Crippen LogP contribution in [-0.2, 0) is 11.2 Å². The number of halogens is 2. The van der Waals surface area contributed by atoms with Crippen molar-refractivity contribution >= 4 is 22.9 Å².